The number of thiazole rings is 1. The summed E-state index contributed by atoms with van der Waals surface area (Å²) in [4.78, 5) is 17.8. The molecule has 0 atom stereocenters. The molecule has 5 nitrogen and oxygen atoms in total. The van der Waals surface area contributed by atoms with E-state index in [1.807, 2.05) is 24.4 Å². The van der Waals surface area contributed by atoms with Crippen LogP contribution in [-0.2, 0) is 0 Å². The third kappa shape index (κ3) is 4.09. The molecular formula is C23H26FN5S. The summed E-state index contributed by atoms with van der Waals surface area (Å²) in [5.41, 5.74) is 2.74. The van der Waals surface area contributed by atoms with Crippen molar-refractivity contribution in [3.05, 3.63) is 47.4 Å². The molecule has 2 aliphatic rings. The van der Waals surface area contributed by atoms with Crippen LogP contribution in [0.25, 0.3) is 21.8 Å². The van der Waals surface area contributed by atoms with Crippen molar-refractivity contribution < 1.29 is 4.39 Å². The van der Waals surface area contributed by atoms with Gasteiger partial charge in [0.2, 0.25) is 5.95 Å². The minimum absolute atomic E-state index is 0.233. The van der Waals surface area contributed by atoms with Crippen LogP contribution in [0, 0.1) is 5.82 Å². The van der Waals surface area contributed by atoms with Crippen LogP contribution in [0.4, 0.5) is 10.3 Å². The van der Waals surface area contributed by atoms with E-state index in [-0.39, 0.29) is 5.82 Å². The quantitative estimate of drug-likeness (QED) is 0.649. The first kappa shape index (κ1) is 19.6. The normalized spacial score (nSPS) is 18.0. The molecule has 3 aromatic rings. The number of rotatable bonds is 4. The summed E-state index contributed by atoms with van der Waals surface area (Å²) in [6.45, 7) is 4.07. The third-order valence-electron chi connectivity index (χ3n) is 5.96. The number of anilines is 1. The second kappa shape index (κ2) is 8.78. The highest BCUT2D eigenvalue weighted by Gasteiger charge is 2.24. The van der Waals surface area contributed by atoms with E-state index in [1.165, 1.54) is 31.4 Å². The Morgan fingerprint density at radius 3 is 2.50 bits per heavy atom. The van der Waals surface area contributed by atoms with E-state index in [1.54, 1.807) is 11.3 Å². The highest BCUT2D eigenvalue weighted by Crippen LogP contribution is 2.40. The number of piperidine rings is 2. The summed E-state index contributed by atoms with van der Waals surface area (Å²) in [7, 11) is 0. The Morgan fingerprint density at radius 2 is 1.73 bits per heavy atom. The number of aromatic nitrogens is 3. The van der Waals surface area contributed by atoms with Crippen LogP contribution in [-0.4, -0.2) is 41.1 Å². The fourth-order valence-corrected chi connectivity index (χ4v) is 5.51. The zero-order valence-corrected chi connectivity index (χ0v) is 17.8. The Kier molecular flexibility index (Phi) is 5.73. The number of hydrogen-bond donors (Lipinski definition) is 1. The molecule has 7 heteroatoms. The number of hydrogen-bond acceptors (Lipinski definition) is 6. The van der Waals surface area contributed by atoms with Gasteiger partial charge < -0.3 is 10.2 Å². The van der Waals surface area contributed by atoms with Crippen molar-refractivity contribution >= 4 is 17.3 Å². The van der Waals surface area contributed by atoms with Crippen molar-refractivity contribution in [2.75, 3.05) is 31.1 Å². The average molecular weight is 424 g/mol. The molecule has 2 fully saturated rings. The molecule has 2 aromatic heterocycles. The van der Waals surface area contributed by atoms with E-state index in [0.29, 0.717) is 5.92 Å². The van der Waals surface area contributed by atoms with E-state index in [0.717, 1.165) is 71.8 Å². The minimum atomic E-state index is -0.233. The van der Waals surface area contributed by atoms with Gasteiger partial charge in [-0.25, -0.2) is 19.3 Å². The smallest absolute Gasteiger partial charge is 0.225 e. The van der Waals surface area contributed by atoms with Crippen LogP contribution < -0.4 is 10.2 Å². The minimum Gasteiger partial charge on any atom is -0.341 e. The molecule has 5 rings (SSSR count). The molecule has 2 saturated heterocycles. The summed E-state index contributed by atoms with van der Waals surface area (Å²) < 4.78 is 13.5. The lowest BCUT2D eigenvalue weighted by atomic mass is 9.99. The van der Waals surface area contributed by atoms with Gasteiger partial charge in [-0.15, -0.1) is 11.3 Å². The summed E-state index contributed by atoms with van der Waals surface area (Å²) in [6, 6.07) is 8.60. The first-order chi connectivity index (χ1) is 14.8. The molecule has 0 amide bonds. The van der Waals surface area contributed by atoms with Gasteiger partial charge in [0.05, 0.1) is 21.3 Å². The number of nitrogens with zero attached hydrogens (tertiary/aromatic N) is 4. The fourth-order valence-electron chi connectivity index (χ4n) is 4.28. The zero-order chi connectivity index (χ0) is 20.3. The average Bonchev–Trinajstić information content (AvgIpc) is 3.26. The van der Waals surface area contributed by atoms with Gasteiger partial charge >= 0.3 is 0 Å². The van der Waals surface area contributed by atoms with Gasteiger partial charge in [0.1, 0.15) is 5.82 Å². The molecular weight excluding hydrogens is 397 g/mol. The van der Waals surface area contributed by atoms with Crippen LogP contribution in [0.15, 0.2) is 36.5 Å². The second-order valence-corrected chi connectivity index (χ2v) is 9.08. The fraction of sp³-hybridized carbons (Fsp3) is 0.435. The van der Waals surface area contributed by atoms with E-state index >= 15 is 0 Å². The van der Waals surface area contributed by atoms with Gasteiger partial charge in [0.15, 0.2) is 0 Å². The number of benzene rings is 1. The van der Waals surface area contributed by atoms with Gasteiger partial charge in [-0.05, 0) is 75.5 Å². The number of nitrogens with one attached hydrogen (secondary N) is 1. The topological polar surface area (TPSA) is 53.9 Å². The first-order valence-electron chi connectivity index (χ1n) is 10.8. The predicted molar refractivity (Wildman–Crippen MR) is 119 cm³/mol. The predicted octanol–water partition coefficient (Wildman–Crippen LogP) is 4.86. The SMILES string of the molecule is Fc1ccc(-c2nc(C3CCNCC3)sc2-c2ccnc(N3CCCCC3)n2)cc1. The van der Waals surface area contributed by atoms with Crippen molar-refractivity contribution in [1.82, 2.24) is 20.3 Å². The molecule has 0 bridgehead atoms. The maximum Gasteiger partial charge on any atom is 0.225 e. The first-order valence-corrected chi connectivity index (χ1v) is 11.7. The molecule has 0 aliphatic carbocycles. The summed E-state index contributed by atoms with van der Waals surface area (Å²) in [5.74, 6) is 1.03. The van der Waals surface area contributed by atoms with E-state index in [9.17, 15) is 4.39 Å². The number of halogens is 1. The Labute approximate surface area is 180 Å². The molecule has 2 aliphatic heterocycles. The van der Waals surface area contributed by atoms with Gasteiger partial charge in [0, 0.05) is 30.8 Å². The van der Waals surface area contributed by atoms with E-state index in [4.69, 9.17) is 9.97 Å². The molecule has 1 N–H and O–H groups in total. The summed E-state index contributed by atoms with van der Waals surface area (Å²) in [6.07, 6.45) is 7.70. The third-order valence-corrected chi connectivity index (χ3v) is 7.20. The van der Waals surface area contributed by atoms with E-state index < -0.39 is 0 Å². The molecule has 0 unspecified atom stereocenters. The molecule has 4 heterocycles. The Balaban J connectivity index is 1.55. The van der Waals surface area contributed by atoms with Gasteiger partial charge in [-0.2, -0.15) is 0 Å². The van der Waals surface area contributed by atoms with Crippen molar-refractivity contribution in [2.24, 2.45) is 0 Å². The summed E-state index contributed by atoms with van der Waals surface area (Å²) in [5, 5.41) is 4.58. The lowest BCUT2D eigenvalue weighted by Crippen LogP contribution is -2.30. The highest BCUT2D eigenvalue weighted by atomic mass is 32.1. The molecule has 0 spiro atoms. The van der Waals surface area contributed by atoms with Crippen molar-refractivity contribution in [3.8, 4) is 21.8 Å². The van der Waals surface area contributed by atoms with Crippen LogP contribution in [0.3, 0.4) is 0 Å². The van der Waals surface area contributed by atoms with Crippen LogP contribution in [0.2, 0.25) is 0 Å². The van der Waals surface area contributed by atoms with Crippen LogP contribution in [0.5, 0.6) is 0 Å². The summed E-state index contributed by atoms with van der Waals surface area (Å²) >= 11 is 1.73. The standard InChI is InChI=1S/C23H26FN5S/c24-18-6-4-16(5-7-18)20-21(30-22(28-20)17-8-11-25-12-9-17)19-10-13-26-23(27-19)29-14-2-1-3-15-29/h4-7,10,13,17,25H,1-3,8-9,11-12,14-15H2. The lowest BCUT2D eigenvalue weighted by molar-refractivity contribution is 0.459. The monoisotopic (exact) mass is 423 g/mol. The second-order valence-electron chi connectivity index (χ2n) is 8.05. The molecule has 1 aromatic carbocycles. The molecule has 30 heavy (non-hydrogen) atoms. The van der Waals surface area contributed by atoms with E-state index in [2.05, 4.69) is 15.2 Å². The largest absolute Gasteiger partial charge is 0.341 e. The zero-order valence-electron chi connectivity index (χ0n) is 17.0. The van der Waals surface area contributed by atoms with Crippen molar-refractivity contribution in [2.45, 2.75) is 38.0 Å². The Morgan fingerprint density at radius 1 is 0.967 bits per heavy atom. The van der Waals surface area contributed by atoms with Crippen LogP contribution >= 0.6 is 11.3 Å². The maximum atomic E-state index is 13.5. The maximum absolute atomic E-state index is 13.5. The van der Waals surface area contributed by atoms with Crippen molar-refractivity contribution in [3.63, 3.8) is 0 Å². The Hall–Kier alpha value is -2.38. The lowest BCUT2D eigenvalue weighted by Gasteiger charge is -2.26. The van der Waals surface area contributed by atoms with Gasteiger partial charge in [-0.1, -0.05) is 0 Å². The van der Waals surface area contributed by atoms with Gasteiger partial charge in [-0.3, -0.25) is 0 Å². The van der Waals surface area contributed by atoms with Gasteiger partial charge in [0.25, 0.3) is 0 Å². The van der Waals surface area contributed by atoms with Crippen LogP contribution in [0.1, 0.15) is 43.0 Å². The molecule has 156 valence electrons. The molecule has 0 radical (unpaired) electrons. The Bertz CT molecular complexity index is 991. The highest BCUT2D eigenvalue weighted by molar-refractivity contribution is 7.15. The van der Waals surface area contributed by atoms with Crippen molar-refractivity contribution in [1.29, 1.82) is 0 Å². The molecule has 0 saturated carbocycles.